The second kappa shape index (κ2) is 56.1. The second-order valence-electron chi connectivity index (χ2n) is 27.5. The average Bonchev–Trinajstić information content (AvgIpc) is 0.900. The molecule has 3 heterocycles. The summed E-state index contributed by atoms with van der Waals surface area (Å²) in [5.74, 6) is -0.283. The van der Waals surface area contributed by atoms with E-state index in [4.69, 9.17) is 28.4 Å². The molecule has 19 nitrogen and oxygen atoms in total. The molecule has 0 bridgehead atoms. The van der Waals surface area contributed by atoms with Crippen LogP contribution in [0.3, 0.4) is 0 Å². The number of amides is 1. The summed E-state index contributed by atoms with van der Waals surface area (Å²) in [6.07, 6.45) is 39.7. The van der Waals surface area contributed by atoms with Crippen molar-refractivity contribution >= 4 is 5.91 Å². The van der Waals surface area contributed by atoms with Crippen LogP contribution < -0.4 is 5.32 Å². The molecule has 0 radical (unpaired) electrons. The average molecular weight is 1330 g/mol. The monoisotopic (exact) mass is 1330 g/mol. The van der Waals surface area contributed by atoms with Crippen molar-refractivity contribution in [2.45, 2.75) is 413 Å². The van der Waals surface area contributed by atoms with E-state index < -0.39 is 124 Å². The lowest BCUT2D eigenvalue weighted by Gasteiger charge is -2.48. The first-order valence-electron chi connectivity index (χ1n) is 38.1. The van der Waals surface area contributed by atoms with E-state index in [0.29, 0.717) is 12.8 Å². The quantitative estimate of drug-likeness (QED) is 0.0199. The first kappa shape index (κ1) is 85.5. The van der Waals surface area contributed by atoms with Gasteiger partial charge in [0.25, 0.3) is 0 Å². The van der Waals surface area contributed by atoms with E-state index in [-0.39, 0.29) is 18.9 Å². The molecule has 548 valence electrons. The topological polar surface area (TPSA) is 307 Å². The Morgan fingerprint density at radius 3 is 1.08 bits per heavy atom. The molecule has 0 aromatic carbocycles. The summed E-state index contributed by atoms with van der Waals surface area (Å²) in [5, 5.41) is 120. The molecule has 0 aromatic rings. The third-order valence-corrected chi connectivity index (χ3v) is 19.3. The fourth-order valence-corrected chi connectivity index (χ4v) is 13.1. The largest absolute Gasteiger partial charge is 0.394 e. The Kier molecular flexibility index (Phi) is 51.5. The minimum Gasteiger partial charge on any atom is -0.394 e. The number of nitrogens with one attached hydrogen (secondary N) is 1. The third-order valence-electron chi connectivity index (χ3n) is 19.3. The highest BCUT2D eigenvalue weighted by Gasteiger charge is 2.53. The van der Waals surface area contributed by atoms with Crippen molar-refractivity contribution in [2.24, 2.45) is 0 Å². The maximum Gasteiger partial charge on any atom is 0.220 e. The fraction of sp³-hybridized carbons (Fsp3) is 0.932. The highest BCUT2D eigenvalue weighted by atomic mass is 16.8. The van der Waals surface area contributed by atoms with Crippen LogP contribution in [0, 0.1) is 0 Å². The molecular weight excluding hydrogens is 1190 g/mol. The van der Waals surface area contributed by atoms with E-state index in [2.05, 4.69) is 31.3 Å². The van der Waals surface area contributed by atoms with Gasteiger partial charge >= 0.3 is 0 Å². The molecule has 3 aliphatic heterocycles. The van der Waals surface area contributed by atoms with Gasteiger partial charge in [0.05, 0.1) is 38.6 Å². The molecule has 12 N–H and O–H groups in total. The Morgan fingerprint density at radius 1 is 0.376 bits per heavy atom. The van der Waals surface area contributed by atoms with Crippen molar-refractivity contribution < 1.29 is 89.4 Å². The lowest BCUT2D eigenvalue weighted by molar-refractivity contribution is -0.379. The molecule has 0 saturated carbocycles. The summed E-state index contributed by atoms with van der Waals surface area (Å²) in [6, 6.07) is -0.985. The minimum atomic E-state index is -1.98. The van der Waals surface area contributed by atoms with Crippen LogP contribution in [0.15, 0.2) is 24.3 Å². The summed E-state index contributed by atoms with van der Waals surface area (Å²) in [7, 11) is 0. The summed E-state index contributed by atoms with van der Waals surface area (Å²) in [5.41, 5.74) is 0. The van der Waals surface area contributed by atoms with Gasteiger partial charge in [-0.3, -0.25) is 4.79 Å². The molecular formula is C74H139NO18. The van der Waals surface area contributed by atoms with E-state index >= 15 is 0 Å². The van der Waals surface area contributed by atoms with Gasteiger partial charge in [0.1, 0.15) is 73.2 Å². The fourth-order valence-electron chi connectivity index (χ4n) is 13.1. The predicted molar refractivity (Wildman–Crippen MR) is 365 cm³/mol. The zero-order chi connectivity index (χ0) is 67.5. The number of ether oxygens (including phenoxy) is 6. The van der Waals surface area contributed by atoms with Crippen LogP contribution in [-0.2, 0) is 33.2 Å². The maximum atomic E-state index is 13.3. The molecule has 19 heteroatoms. The van der Waals surface area contributed by atoms with E-state index in [1.807, 2.05) is 6.08 Å². The van der Waals surface area contributed by atoms with Crippen molar-refractivity contribution in [2.75, 3.05) is 26.4 Å². The Labute approximate surface area is 562 Å². The number of carbonyl (C=O) groups excluding carboxylic acids is 1. The van der Waals surface area contributed by atoms with Crippen molar-refractivity contribution in [1.29, 1.82) is 0 Å². The smallest absolute Gasteiger partial charge is 0.220 e. The standard InChI is InChI=1S/C74H139NO18/c1-3-5-7-9-11-13-14-15-16-17-18-19-20-21-22-23-24-25-26-27-28-29-30-31-32-33-34-35-36-37-38-39-40-41-42-44-46-48-50-52-62(80)75-57(58(79)51-49-47-45-43-12-10-8-6-4-2)56-88-72-68(86)65(83)70(60(54-77)90-72)93-74-69(87)66(84)71(61(55-78)91-74)92-73-67(85)64(82)63(81)59(53-76)89-73/h12,43,49,51,57-61,63-74,76-79,81-87H,3-11,13-42,44-48,50,52-56H2,1-2H3,(H,75,80)/b43-12+,51-49+. The van der Waals surface area contributed by atoms with E-state index in [1.165, 1.54) is 231 Å². The van der Waals surface area contributed by atoms with Gasteiger partial charge in [-0.15, -0.1) is 0 Å². The lowest BCUT2D eigenvalue weighted by Crippen LogP contribution is -2.66. The first-order chi connectivity index (χ1) is 45.3. The van der Waals surface area contributed by atoms with E-state index in [1.54, 1.807) is 6.08 Å². The number of rotatable bonds is 60. The third kappa shape index (κ3) is 37.3. The van der Waals surface area contributed by atoms with Crippen LogP contribution in [-0.4, -0.2) is 193 Å². The van der Waals surface area contributed by atoms with Crippen LogP contribution >= 0.6 is 0 Å². The van der Waals surface area contributed by atoms with Crippen molar-refractivity contribution in [3.05, 3.63) is 24.3 Å². The molecule has 3 aliphatic rings. The molecule has 3 saturated heterocycles. The summed E-state index contributed by atoms with van der Waals surface area (Å²) < 4.78 is 34.2. The molecule has 93 heavy (non-hydrogen) atoms. The number of hydrogen-bond donors (Lipinski definition) is 12. The number of aliphatic hydroxyl groups is 11. The van der Waals surface area contributed by atoms with Gasteiger partial charge in [-0.2, -0.15) is 0 Å². The number of aliphatic hydroxyl groups excluding tert-OH is 11. The molecule has 17 unspecified atom stereocenters. The SMILES string of the molecule is CCCCC/C=C/CC/C=C/C(O)C(COC1OC(CO)C(OC2OC(CO)C(OC3OC(CO)C(O)C(O)C3O)C(O)C2O)C(O)C1O)NC(=O)CCCCCCCCCCCCCCCCCCCCCCCCCCCCCCCCCCCCCCCCC. The zero-order valence-electron chi connectivity index (χ0n) is 58.3. The van der Waals surface area contributed by atoms with Crippen molar-refractivity contribution in [1.82, 2.24) is 5.32 Å². The van der Waals surface area contributed by atoms with E-state index in [0.717, 1.165) is 44.9 Å². The highest BCUT2D eigenvalue weighted by molar-refractivity contribution is 5.76. The molecule has 0 aliphatic carbocycles. The Morgan fingerprint density at radius 2 is 0.688 bits per heavy atom. The number of hydrogen-bond acceptors (Lipinski definition) is 18. The van der Waals surface area contributed by atoms with Crippen LogP contribution in [0.2, 0.25) is 0 Å². The van der Waals surface area contributed by atoms with Gasteiger partial charge in [0.2, 0.25) is 5.91 Å². The maximum absolute atomic E-state index is 13.3. The van der Waals surface area contributed by atoms with Crippen LogP contribution in [0.25, 0.3) is 0 Å². The zero-order valence-corrected chi connectivity index (χ0v) is 58.3. The Hall–Kier alpha value is -1.73. The van der Waals surface area contributed by atoms with Crippen LogP contribution in [0.1, 0.15) is 309 Å². The van der Waals surface area contributed by atoms with Gasteiger partial charge in [0.15, 0.2) is 18.9 Å². The molecule has 0 aromatic heterocycles. The summed E-state index contributed by atoms with van der Waals surface area (Å²) >= 11 is 0. The second-order valence-corrected chi connectivity index (χ2v) is 27.5. The van der Waals surface area contributed by atoms with Gasteiger partial charge < -0.3 is 89.9 Å². The Bertz CT molecular complexity index is 1780. The van der Waals surface area contributed by atoms with Gasteiger partial charge in [-0.05, 0) is 32.1 Å². The number of unbranched alkanes of at least 4 members (excludes halogenated alkanes) is 42. The predicted octanol–water partition coefficient (Wildman–Crippen LogP) is 11.4. The van der Waals surface area contributed by atoms with E-state index in [9.17, 15) is 61.0 Å². The highest BCUT2D eigenvalue weighted by Crippen LogP contribution is 2.33. The minimum absolute atomic E-state index is 0.240. The normalized spacial score (nSPS) is 27.6. The molecule has 3 rings (SSSR count). The molecule has 0 spiro atoms. The molecule has 1 amide bonds. The van der Waals surface area contributed by atoms with Crippen molar-refractivity contribution in [3.8, 4) is 0 Å². The molecule has 3 fully saturated rings. The number of carbonyl (C=O) groups is 1. The van der Waals surface area contributed by atoms with Crippen molar-refractivity contribution in [3.63, 3.8) is 0 Å². The Balaban J connectivity index is 1.24. The van der Waals surface area contributed by atoms with Crippen LogP contribution in [0.5, 0.6) is 0 Å². The van der Waals surface area contributed by atoms with Crippen LogP contribution in [0.4, 0.5) is 0 Å². The number of allylic oxidation sites excluding steroid dienone is 3. The van der Waals surface area contributed by atoms with Gasteiger partial charge in [0, 0.05) is 6.42 Å². The summed E-state index contributed by atoms with van der Waals surface area (Å²) in [6.45, 7) is 1.68. The van der Waals surface area contributed by atoms with Gasteiger partial charge in [-0.25, -0.2) is 0 Å². The lowest BCUT2D eigenvalue weighted by atomic mass is 9.96. The molecule has 17 atom stereocenters. The first-order valence-corrected chi connectivity index (χ1v) is 38.1. The van der Waals surface area contributed by atoms with Gasteiger partial charge in [-0.1, -0.05) is 295 Å². The summed E-state index contributed by atoms with van der Waals surface area (Å²) in [4.78, 5) is 13.3.